The molecule has 2 aromatic heterocycles. The van der Waals surface area contributed by atoms with Gasteiger partial charge in [-0.15, -0.1) is 0 Å². The van der Waals surface area contributed by atoms with Crippen LogP contribution in [0.4, 0.5) is 5.69 Å². The van der Waals surface area contributed by atoms with E-state index in [4.69, 9.17) is 9.26 Å². The van der Waals surface area contributed by atoms with Gasteiger partial charge in [0.25, 0.3) is 11.6 Å². The maximum Gasteiger partial charge on any atom is 0.338 e. The molecule has 126 valence electrons. The van der Waals surface area contributed by atoms with Gasteiger partial charge < -0.3 is 9.26 Å². The van der Waals surface area contributed by atoms with E-state index in [1.165, 1.54) is 24.3 Å². The van der Waals surface area contributed by atoms with Crippen molar-refractivity contribution in [1.82, 2.24) is 15.1 Å². The van der Waals surface area contributed by atoms with Gasteiger partial charge in [0.15, 0.2) is 6.10 Å². The van der Waals surface area contributed by atoms with E-state index in [0.717, 1.165) is 0 Å². The Labute approximate surface area is 141 Å². The molecule has 1 unspecified atom stereocenters. The molecule has 1 aromatic carbocycles. The van der Waals surface area contributed by atoms with Crippen molar-refractivity contribution >= 4 is 11.7 Å². The SMILES string of the molecule is CC(OC(=O)c1ccc([N+](=O)[O-])cc1)c1nc(-c2cccnc2)no1. The number of nitrogens with zero attached hydrogens (tertiary/aromatic N) is 4. The second-order valence-electron chi connectivity index (χ2n) is 5.05. The molecule has 3 aromatic rings. The number of hydrogen-bond acceptors (Lipinski definition) is 8. The summed E-state index contributed by atoms with van der Waals surface area (Å²) in [5, 5.41) is 14.4. The summed E-state index contributed by atoms with van der Waals surface area (Å²) in [6.07, 6.45) is 2.43. The Kier molecular flexibility index (Phi) is 4.46. The van der Waals surface area contributed by atoms with Gasteiger partial charge in [0, 0.05) is 30.1 Å². The molecule has 0 saturated heterocycles. The fraction of sp³-hybridized carbons (Fsp3) is 0.125. The largest absolute Gasteiger partial charge is 0.449 e. The first kappa shape index (κ1) is 16.2. The lowest BCUT2D eigenvalue weighted by atomic mass is 10.2. The Morgan fingerprint density at radius 1 is 1.28 bits per heavy atom. The van der Waals surface area contributed by atoms with Gasteiger partial charge in [-0.2, -0.15) is 4.98 Å². The Bertz CT molecular complexity index is 892. The summed E-state index contributed by atoms with van der Waals surface area (Å²) in [6, 6.07) is 8.62. The van der Waals surface area contributed by atoms with Crippen LogP contribution in [0.15, 0.2) is 53.3 Å². The van der Waals surface area contributed by atoms with Crippen LogP contribution in [0.2, 0.25) is 0 Å². The van der Waals surface area contributed by atoms with Gasteiger partial charge in [-0.25, -0.2) is 4.79 Å². The number of nitro groups is 1. The van der Waals surface area contributed by atoms with Gasteiger partial charge in [0.05, 0.1) is 10.5 Å². The number of hydrogen-bond donors (Lipinski definition) is 0. The lowest BCUT2D eigenvalue weighted by Crippen LogP contribution is -2.09. The summed E-state index contributed by atoms with van der Waals surface area (Å²) in [5.41, 5.74) is 0.749. The van der Waals surface area contributed by atoms with Crippen LogP contribution in [0, 0.1) is 10.1 Å². The van der Waals surface area contributed by atoms with Gasteiger partial charge in [0.2, 0.25) is 5.82 Å². The zero-order valence-corrected chi connectivity index (χ0v) is 13.0. The number of nitro benzene ring substituents is 1. The van der Waals surface area contributed by atoms with Crippen molar-refractivity contribution in [2.75, 3.05) is 0 Å². The smallest absolute Gasteiger partial charge is 0.338 e. The summed E-state index contributed by atoms with van der Waals surface area (Å²) in [4.78, 5) is 30.3. The molecule has 0 aliphatic rings. The third-order valence-electron chi connectivity index (χ3n) is 3.31. The summed E-state index contributed by atoms with van der Waals surface area (Å²) in [5.74, 6) is -0.182. The first-order chi connectivity index (χ1) is 12.0. The van der Waals surface area contributed by atoms with E-state index in [2.05, 4.69) is 15.1 Å². The third-order valence-corrected chi connectivity index (χ3v) is 3.31. The second-order valence-corrected chi connectivity index (χ2v) is 5.05. The molecule has 3 rings (SSSR count). The van der Waals surface area contributed by atoms with Crippen LogP contribution in [-0.2, 0) is 4.74 Å². The van der Waals surface area contributed by atoms with E-state index in [1.807, 2.05) is 0 Å². The lowest BCUT2D eigenvalue weighted by Gasteiger charge is -2.08. The van der Waals surface area contributed by atoms with Crippen LogP contribution in [0.5, 0.6) is 0 Å². The third kappa shape index (κ3) is 3.66. The summed E-state index contributed by atoms with van der Waals surface area (Å²) >= 11 is 0. The molecule has 0 radical (unpaired) electrons. The highest BCUT2D eigenvalue weighted by Crippen LogP contribution is 2.21. The number of pyridine rings is 1. The molecular weight excluding hydrogens is 328 g/mol. The Hall–Kier alpha value is -3.62. The van der Waals surface area contributed by atoms with E-state index in [0.29, 0.717) is 11.4 Å². The molecular formula is C16H12N4O5. The van der Waals surface area contributed by atoms with E-state index in [1.54, 1.807) is 31.5 Å². The fourth-order valence-corrected chi connectivity index (χ4v) is 2.01. The zero-order chi connectivity index (χ0) is 17.8. The summed E-state index contributed by atoms with van der Waals surface area (Å²) in [6.45, 7) is 1.59. The molecule has 0 spiro atoms. The van der Waals surface area contributed by atoms with Gasteiger partial charge in [-0.1, -0.05) is 5.16 Å². The van der Waals surface area contributed by atoms with Crippen LogP contribution in [-0.4, -0.2) is 26.0 Å². The Morgan fingerprint density at radius 2 is 2.04 bits per heavy atom. The lowest BCUT2D eigenvalue weighted by molar-refractivity contribution is -0.384. The number of aromatic nitrogens is 3. The second kappa shape index (κ2) is 6.87. The maximum atomic E-state index is 12.1. The summed E-state index contributed by atoms with van der Waals surface area (Å²) < 4.78 is 10.4. The minimum atomic E-state index is -0.777. The molecule has 0 aliphatic carbocycles. The number of carbonyl (C=O) groups is 1. The van der Waals surface area contributed by atoms with Crippen LogP contribution in [0.1, 0.15) is 29.3 Å². The van der Waals surface area contributed by atoms with Crippen LogP contribution >= 0.6 is 0 Å². The molecule has 0 aliphatic heterocycles. The van der Waals surface area contributed by atoms with Crippen molar-refractivity contribution in [1.29, 1.82) is 0 Å². The highest BCUT2D eigenvalue weighted by atomic mass is 16.6. The Morgan fingerprint density at radius 3 is 2.68 bits per heavy atom. The average Bonchev–Trinajstić information content (AvgIpc) is 3.13. The minimum absolute atomic E-state index is 0.109. The fourth-order valence-electron chi connectivity index (χ4n) is 2.01. The number of ether oxygens (including phenoxy) is 1. The molecule has 0 N–H and O–H groups in total. The summed E-state index contributed by atoms with van der Waals surface area (Å²) in [7, 11) is 0. The molecule has 0 amide bonds. The van der Waals surface area contributed by atoms with Crippen molar-refractivity contribution in [2.24, 2.45) is 0 Å². The van der Waals surface area contributed by atoms with Gasteiger partial charge in [0.1, 0.15) is 0 Å². The number of rotatable bonds is 5. The van der Waals surface area contributed by atoms with Gasteiger partial charge in [-0.05, 0) is 31.2 Å². The molecule has 9 nitrogen and oxygen atoms in total. The van der Waals surface area contributed by atoms with E-state index in [9.17, 15) is 14.9 Å². The van der Waals surface area contributed by atoms with Gasteiger partial charge in [-0.3, -0.25) is 15.1 Å². The Balaban J connectivity index is 1.69. The molecule has 0 fully saturated rings. The van der Waals surface area contributed by atoms with Crippen molar-refractivity contribution < 1.29 is 19.0 Å². The normalized spacial score (nSPS) is 11.7. The average molecular weight is 340 g/mol. The van der Waals surface area contributed by atoms with Crippen LogP contribution in [0.25, 0.3) is 11.4 Å². The van der Waals surface area contributed by atoms with Crippen molar-refractivity contribution in [3.8, 4) is 11.4 Å². The topological polar surface area (TPSA) is 121 Å². The highest BCUT2D eigenvalue weighted by molar-refractivity contribution is 5.89. The number of carbonyl (C=O) groups excluding carboxylic acids is 1. The van der Waals surface area contributed by atoms with Crippen molar-refractivity contribution in [2.45, 2.75) is 13.0 Å². The predicted octanol–water partition coefficient (Wildman–Crippen LogP) is 2.96. The zero-order valence-electron chi connectivity index (χ0n) is 13.0. The van der Waals surface area contributed by atoms with Crippen molar-refractivity contribution in [3.05, 3.63) is 70.4 Å². The molecule has 25 heavy (non-hydrogen) atoms. The van der Waals surface area contributed by atoms with Crippen LogP contribution < -0.4 is 0 Å². The number of non-ortho nitro benzene ring substituents is 1. The van der Waals surface area contributed by atoms with Crippen LogP contribution in [0.3, 0.4) is 0 Å². The molecule has 0 bridgehead atoms. The predicted molar refractivity (Wildman–Crippen MR) is 84.5 cm³/mol. The molecule has 1 atom stereocenters. The van der Waals surface area contributed by atoms with Crippen molar-refractivity contribution in [3.63, 3.8) is 0 Å². The highest BCUT2D eigenvalue weighted by Gasteiger charge is 2.20. The molecule has 2 heterocycles. The first-order valence-electron chi connectivity index (χ1n) is 7.24. The van der Waals surface area contributed by atoms with E-state index in [-0.39, 0.29) is 17.1 Å². The monoisotopic (exact) mass is 340 g/mol. The quantitative estimate of drug-likeness (QED) is 0.395. The molecule has 0 saturated carbocycles. The molecule has 9 heteroatoms. The van der Waals surface area contributed by atoms with Gasteiger partial charge >= 0.3 is 5.97 Å². The number of benzene rings is 1. The minimum Gasteiger partial charge on any atom is -0.449 e. The maximum absolute atomic E-state index is 12.1. The van der Waals surface area contributed by atoms with E-state index < -0.39 is 17.0 Å². The standard InChI is InChI=1S/C16H12N4O5/c1-10(15-18-14(19-25-15)12-3-2-8-17-9-12)24-16(21)11-4-6-13(7-5-11)20(22)23/h2-10H,1H3. The van der Waals surface area contributed by atoms with E-state index >= 15 is 0 Å². The number of esters is 1. The first-order valence-corrected chi connectivity index (χ1v) is 7.24.